The van der Waals surface area contributed by atoms with Crippen molar-refractivity contribution < 1.29 is 0 Å². The van der Waals surface area contributed by atoms with E-state index in [1.807, 2.05) is 13.0 Å². The average molecular weight is 236 g/mol. The molecular weight excluding hydrogens is 212 g/mol. The first-order valence-electron chi connectivity index (χ1n) is 6.25. The van der Waals surface area contributed by atoms with Gasteiger partial charge in [-0.3, -0.25) is 0 Å². The Kier molecular flexibility index (Phi) is 4.87. The Morgan fingerprint density at radius 2 is 1.88 bits per heavy atom. The molecule has 4 heteroatoms. The molecule has 0 aromatic carbocycles. The number of hydrogen-bond donors (Lipinski definition) is 2. The van der Waals surface area contributed by atoms with Crippen LogP contribution in [0.5, 0.6) is 0 Å². The minimum absolute atomic E-state index is 0.126. The predicted octanol–water partition coefficient (Wildman–Crippen LogP) is 2.30. The van der Waals surface area contributed by atoms with Crippen LogP contribution in [0.2, 0.25) is 0 Å². The topological polar surface area (TPSA) is 63.8 Å². The summed E-state index contributed by atoms with van der Waals surface area (Å²) in [7, 11) is 0. The molecule has 3 N–H and O–H groups in total. The van der Waals surface area contributed by atoms with Crippen LogP contribution in [-0.4, -0.2) is 22.6 Å². The Bertz CT molecular complexity index is 360. The van der Waals surface area contributed by atoms with Gasteiger partial charge in [-0.1, -0.05) is 27.7 Å². The summed E-state index contributed by atoms with van der Waals surface area (Å²) in [5.74, 6) is 1.55. The van der Waals surface area contributed by atoms with E-state index in [-0.39, 0.29) is 6.04 Å². The molecule has 1 heterocycles. The van der Waals surface area contributed by atoms with E-state index in [2.05, 4.69) is 43.0 Å². The van der Waals surface area contributed by atoms with Gasteiger partial charge >= 0.3 is 0 Å². The van der Waals surface area contributed by atoms with Crippen molar-refractivity contribution in [3.8, 4) is 0 Å². The van der Waals surface area contributed by atoms with E-state index in [1.165, 1.54) is 0 Å². The zero-order valence-corrected chi connectivity index (χ0v) is 11.5. The normalized spacial score (nSPS) is 13.2. The smallest absolute Gasteiger partial charge is 0.223 e. The highest BCUT2D eigenvalue weighted by atomic mass is 15.1. The Labute approximate surface area is 104 Å². The van der Waals surface area contributed by atoms with Gasteiger partial charge in [0, 0.05) is 24.0 Å². The molecule has 0 aliphatic carbocycles. The quantitative estimate of drug-likeness (QED) is 0.823. The molecule has 0 radical (unpaired) electrons. The average Bonchev–Trinajstić information content (AvgIpc) is 2.24. The van der Waals surface area contributed by atoms with E-state index in [0.29, 0.717) is 24.3 Å². The largest absolute Gasteiger partial charge is 0.353 e. The minimum atomic E-state index is 0.126. The minimum Gasteiger partial charge on any atom is -0.353 e. The Balaban J connectivity index is 2.71. The van der Waals surface area contributed by atoms with Gasteiger partial charge in [0.1, 0.15) is 0 Å². The number of nitrogens with zero attached hydrogens (tertiary/aromatic N) is 2. The number of aromatic nitrogens is 2. The molecule has 1 rings (SSSR count). The number of rotatable bonds is 5. The first-order chi connectivity index (χ1) is 7.90. The highest BCUT2D eigenvalue weighted by Gasteiger charge is 2.09. The van der Waals surface area contributed by atoms with Crippen molar-refractivity contribution >= 4 is 5.95 Å². The van der Waals surface area contributed by atoms with Crippen LogP contribution in [0.1, 0.15) is 45.0 Å². The maximum Gasteiger partial charge on any atom is 0.223 e. The van der Waals surface area contributed by atoms with E-state index in [1.54, 1.807) is 0 Å². The summed E-state index contributed by atoms with van der Waals surface area (Å²) in [5, 5.41) is 3.21. The van der Waals surface area contributed by atoms with E-state index in [0.717, 1.165) is 11.4 Å². The lowest BCUT2D eigenvalue weighted by Gasteiger charge is -2.17. The third-order valence-corrected chi connectivity index (χ3v) is 2.82. The maximum absolute atomic E-state index is 5.98. The van der Waals surface area contributed by atoms with Crippen molar-refractivity contribution in [1.29, 1.82) is 0 Å². The van der Waals surface area contributed by atoms with Gasteiger partial charge < -0.3 is 11.1 Å². The first kappa shape index (κ1) is 13.9. The standard InChI is InChI=1S/C13H24N4/c1-8(2)11(14)7-15-13-16-10(5)6-12(17-13)9(3)4/h6,8-9,11H,7,14H2,1-5H3,(H,15,16,17). The summed E-state index contributed by atoms with van der Waals surface area (Å²) >= 11 is 0. The van der Waals surface area contributed by atoms with Crippen molar-refractivity contribution in [1.82, 2.24) is 9.97 Å². The molecule has 0 amide bonds. The van der Waals surface area contributed by atoms with Gasteiger partial charge in [-0.05, 0) is 24.8 Å². The number of hydrogen-bond acceptors (Lipinski definition) is 4. The second kappa shape index (κ2) is 5.96. The van der Waals surface area contributed by atoms with Gasteiger partial charge in [0.25, 0.3) is 0 Å². The SMILES string of the molecule is Cc1cc(C(C)C)nc(NCC(N)C(C)C)n1. The molecule has 1 atom stereocenters. The summed E-state index contributed by atoms with van der Waals surface area (Å²) in [6.45, 7) is 11.2. The number of nitrogens with two attached hydrogens (primary N) is 1. The monoisotopic (exact) mass is 236 g/mol. The van der Waals surface area contributed by atoms with Crippen molar-refractivity contribution in [2.75, 3.05) is 11.9 Å². The van der Waals surface area contributed by atoms with Crippen molar-refractivity contribution in [2.45, 2.75) is 46.6 Å². The van der Waals surface area contributed by atoms with Gasteiger partial charge in [-0.15, -0.1) is 0 Å². The highest BCUT2D eigenvalue weighted by Crippen LogP contribution is 2.14. The fourth-order valence-corrected chi connectivity index (χ4v) is 1.41. The fourth-order valence-electron chi connectivity index (χ4n) is 1.41. The molecular formula is C13H24N4. The van der Waals surface area contributed by atoms with Crippen LogP contribution in [0.15, 0.2) is 6.07 Å². The molecule has 0 fully saturated rings. The van der Waals surface area contributed by atoms with Crippen molar-refractivity contribution in [2.24, 2.45) is 11.7 Å². The Morgan fingerprint density at radius 1 is 1.24 bits per heavy atom. The molecule has 17 heavy (non-hydrogen) atoms. The molecule has 0 spiro atoms. The molecule has 4 nitrogen and oxygen atoms in total. The third kappa shape index (κ3) is 4.30. The van der Waals surface area contributed by atoms with Crippen LogP contribution in [0.3, 0.4) is 0 Å². The lowest BCUT2D eigenvalue weighted by atomic mass is 10.1. The molecule has 0 aliphatic heterocycles. The van der Waals surface area contributed by atoms with Crippen LogP contribution in [0.25, 0.3) is 0 Å². The fraction of sp³-hybridized carbons (Fsp3) is 0.692. The van der Waals surface area contributed by atoms with Gasteiger partial charge in [-0.25, -0.2) is 9.97 Å². The van der Waals surface area contributed by atoms with Gasteiger partial charge in [0.2, 0.25) is 5.95 Å². The van der Waals surface area contributed by atoms with Gasteiger partial charge in [0.05, 0.1) is 0 Å². The molecule has 1 aromatic rings. The zero-order valence-electron chi connectivity index (χ0n) is 11.5. The first-order valence-corrected chi connectivity index (χ1v) is 6.25. The van der Waals surface area contributed by atoms with Crippen LogP contribution in [-0.2, 0) is 0 Å². The molecule has 96 valence electrons. The van der Waals surface area contributed by atoms with Gasteiger partial charge in [-0.2, -0.15) is 0 Å². The summed E-state index contributed by atoms with van der Waals surface area (Å²) in [6, 6.07) is 2.15. The van der Waals surface area contributed by atoms with Crippen molar-refractivity contribution in [3.63, 3.8) is 0 Å². The van der Waals surface area contributed by atoms with Gasteiger partial charge in [0.15, 0.2) is 0 Å². The maximum atomic E-state index is 5.98. The van der Waals surface area contributed by atoms with E-state index >= 15 is 0 Å². The summed E-state index contributed by atoms with van der Waals surface area (Å²) in [5.41, 5.74) is 8.04. The summed E-state index contributed by atoms with van der Waals surface area (Å²) in [6.07, 6.45) is 0. The molecule has 0 saturated heterocycles. The Morgan fingerprint density at radius 3 is 2.41 bits per heavy atom. The number of nitrogens with one attached hydrogen (secondary N) is 1. The van der Waals surface area contributed by atoms with Crippen LogP contribution in [0, 0.1) is 12.8 Å². The predicted molar refractivity (Wildman–Crippen MR) is 72.2 cm³/mol. The second-order valence-corrected chi connectivity index (χ2v) is 5.20. The van der Waals surface area contributed by atoms with Crippen LogP contribution < -0.4 is 11.1 Å². The molecule has 0 aliphatic rings. The second-order valence-electron chi connectivity index (χ2n) is 5.20. The number of aryl methyl sites for hydroxylation is 1. The van der Waals surface area contributed by atoms with E-state index < -0.39 is 0 Å². The van der Waals surface area contributed by atoms with E-state index in [9.17, 15) is 0 Å². The van der Waals surface area contributed by atoms with Crippen LogP contribution >= 0.6 is 0 Å². The van der Waals surface area contributed by atoms with E-state index in [4.69, 9.17) is 5.73 Å². The zero-order chi connectivity index (χ0) is 13.0. The third-order valence-electron chi connectivity index (χ3n) is 2.82. The molecule has 1 unspecified atom stereocenters. The lowest BCUT2D eigenvalue weighted by molar-refractivity contribution is 0.510. The van der Waals surface area contributed by atoms with Crippen LogP contribution in [0.4, 0.5) is 5.95 Å². The highest BCUT2D eigenvalue weighted by molar-refractivity contribution is 5.29. The summed E-state index contributed by atoms with van der Waals surface area (Å²) in [4.78, 5) is 8.86. The van der Waals surface area contributed by atoms with Crippen molar-refractivity contribution in [3.05, 3.63) is 17.5 Å². The molecule has 1 aromatic heterocycles. The Hall–Kier alpha value is -1.16. The molecule has 0 bridgehead atoms. The molecule has 0 saturated carbocycles. The summed E-state index contributed by atoms with van der Waals surface area (Å²) < 4.78 is 0. The lowest BCUT2D eigenvalue weighted by Crippen LogP contribution is -2.34. The number of anilines is 1.